The number of halogens is 1. The minimum Gasteiger partial charge on any atom is -0.493 e. The second-order valence-corrected chi connectivity index (χ2v) is 7.39. The number of nitrogens with one attached hydrogen (secondary N) is 1. The van der Waals surface area contributed by atoms with Crippen LogP contribution in [0.5, 0.6) is 11.5 Å². The van der Waals surface area contributed by atoms with E-state index in [4.69, 9.17) is 33.3 Å². The van der Waals surface area contributed by atoms with E-state index in [-0.39, 0.29) is 12.5 Å². The van der Waals surface area contributed by atoms with E-state index in [2.05, 4.69) is 10.2 Å². The molecule has 1 heterocycles. The van der Waals surface area contributed by atoms with Crippen molar-refractivity contribution in [2.75, 3.05) is 32.1 Å². The van der Waals surface area contributed by atoms with Crippen LogP contribution in [0.1, 0.15) is 24.8 Å². The van der Waals surface area contributed by atoms with Gasteiger partial charge in [-0.25, -0.2) is 0 Å². The average Bonchev–Trinajstić information content (AvgIpc) is 2.74. The predicted molar refractivity (Wildman–Crippen MR) is 116 cm³/mol. The molecule has 1 fully saturated rings. The van der Waals surface area contributed by atoms with Gasteiger partial charge >= 0.3 is 0 Å². The highest BCUT2D eigenvalue weighted by molar-refractivity contribution is 7.80. The van der Waals surface area contributed by atoms with E-state index >= 15 is 0 Å². The SMILES string of the molecule is COc1cc(C(=S)N2CCCCC2)ccc1OCC(=O)Nc1ccc(Cl)cc1. The molecular weight excluding hydrogens is 396 g/mol. The topological polar surface area (TPSA) is 50.8 Å². The number of carbonyl (C=O) groups is 1. The van der Waals surface area contributed by atoms with E-state index < -0.39 is 0 Å². The van der Waals surface area contributed by atoms with Gasteiger partial charge in [0.05, 0.1) is 7.11 Å². The van der Waals surface area contributed by atoms with Gasteiger partial charge in [0.15, 0.2) is 18.1 Å². The largest absolute Gasteiger partial charge is 0.493 e. The van der Waals surface area contributed by atoms with Crippen LogP contribution in [0.25, 0.3) is 0 Å². The zero-order chi connectivity index (χ0) is 19.9. The summed E-state index contributed by atoms with van der Waals surface area (Å²) in [6.07, 6.45) is 3.59. The molecule has 3 rings (SSSR count). The molecule has 0 saturated carbocycles. The van der Waals surface area contributed by atoms with Crippen LogP contribution in [0.15, 0.2) is 42.5 Å². The molecule has 0 aromatic heterocycles. The van der Waals surface area contributed by atoms with Crippen molar-refractivity contribution < 1.29 is 14.3 Å². The number of piperidine rings is 1. The lowest BCUT2D eigenvalue weighted by Gasteiger charge is -2.29. The Hall–Kier alpha value is -2.31. The van der Waals surface area contributed by atoms with Gasteiger partial charge in [-0.15, -0.1) is 0 Å². The van der Waals surface area contributed by atoms with Crippen molar-refractivity contribution in [2.24, 2.45) is 0 Å². The maximum atomic E-state index is 12.1. The zero-order valence-electron chi connectivity index (χ0n) is 15.7. The number of benzene rings is 2. The molecule has 1 amide bonds. The Bertz CT molecular complexity index is 836. The maximum absolute atomic E-state index is 12.1. The summed E-state index contributed by atoms with van der Waals surface area (Å²) in [6.45, 7) is 1.85. The van der Waals surface area contributed by atoms with Crippen LogP contribution in [0.4, 0.5) is 5.69 Å². The maximum Gasteiger partial charge on any atom is 0.262 e. The van der Waals surface area contributed by atoms with Crippen molar-refractivity contribution >= 4 is 40.4 Å². The van der Waals surface area contributed by atoms with Gasteiger partial charge in [0, 0.05) is 29.4 Å². The lowest BCUT2D eigenvalue weighted by molar-refractivity contribution is -0.118. The molecule has 5 nitrogen and oxygen atoms in total. The Morgan fingerprint density at radius 2 is 1.82 bits per heavy atom. The molecule has 0 spiro atoms. The van der Waals surface area contributed by atoms with Gasteiger partial charge in [-0.3, -0.25) is 4.79 Å². The Morgan fingerprint density at radius 1 is 1.11 bits per heavy atom. The lowest BCUT2D eigenvalue weighted by atomic mass is 10.1. The third-order valence-electron chi connectivity index (χ3n) is 4.54. The molecule has 7 heteroatoms. The van der Waals surface area contributed by atoms with Crippen LogP contribution in [0.2, 0.25) is 5.02 Å². The Labute approximate surface area is 175 Å². The highest BCUT2D eigenvalue weighted by Gasteiger charge is 2.17. The summed E-state index contributed by atoms with van der Waals surface area (Å²) < 4.78 is 11.1. The number of methoxy groups -OCH3 is 1. The molecule has 0 aliphatic carbocycles. The number of ether oxygens (including phenoxy) is 2. The first-order valence-electron chi connectivity index (χ1n) is 9.22. The molecule has 2 aromatic rings. The van der Waals surface area contributed by atoms with Crippen molar-refractivity contribution in [1.29, 1.82) is 0 Å². The van der Waals surface area contributed by atoms with E-state index in [1.807, 2.05) is 12.1 Å². The summed E-state index contributed by atoms with van der Waals surface area (Å²) in [5.74, 6) is 0.785. The lowest BCUT2D eigenvalue weighted by Crippen LogP contribution is -2.34. The molecule has 28 heavy (non-hydrogen) atoms. The number of hydrogen-bond acceptors (Lipinski definition) is 4. The molecule has 1 saturated heterocycles. The van der Waals surface area contributed by atoms with Gasteiger partial charge in [0.2, 0.25) is 0 Å². The number of amides is 1. The number of hydrogen-bond donors (Lipinski definition) is 1. The quantitative estimate of drug-likeness (QED) is 0.698. The summed E-state index contributed by atoms with van der Waals surface area (Å²) in [5, 5.41) is 3.37. The van der Waals surface area contributed by atoms with Gasteiger partial charge in [-0.1, -0.05) is 23.8 Å². The van der Waals surface area contributed by atoms with Gasteiger partial charge in [0.1, 0.15) is 4.99 Å². The van der Waals surface area contributed by atoms with Crippen LogP contribution < -0.4 is 14.8 Å². The Kier molecular flexibility index (Phi) is 7.12. The van der Waals surface area contributed by atoms with Crippen molar-refractivity contribution in [3.63, 3.8) is 0 Å². The molecule has 1 aliphatic heterocycles. The number of likely N-dealkylation sites (tertiary alicyclic amines) is 1. The summed E-state index contributed by atoms with van der Waals surface area (Å²) in [6, 6.07) is 12.5. The summed E-state index contributed by atoms with van der Waals surface area (Å²) >= 11 is 11.5. The number of anilines is 1. The van der Waals surface area contributed by atoms with Crippen LogP contribution in [-0.4, -0.2) is 42.6 Å². The molecule has 0 radical (unpaired) electrons. The Balaban J connectivity index is 1.61. The van der Waals surface area contributed by atoms with Gasteiger partial charge in [-0.2, -0.15) is 0 Å². The first-order chi connectivity index (χ1) is 13.6. The molecule has 1 N–H and O–H groups in total. The minimum atomic E-state index is -0.266. The van der Waals surface area contributed by atoms with Gasteiger partial charge in [0.25, 0.3) is 5.91 Å². The number of carbonyl (C=O) groups excluding carboxylic acids is 1. The third kappa shape index (κ3) is 5.36. The number of rotatable bonds is 6. The average molecular weight is 419 g/mol. The molecule has 148 valence electrons. The van der Waals surface area contributed by atoms with Crippen molar-refractivity contribution in [1.82, 2.24) is 4.90 Å². The fraction of sp³-hybridized carbons (Fsp3) is 0.333. The first kappa shape index (κ1) is 20.4. The summed E-state index contributed by atoms with van der Waals surface area (Å²) in [5.41, 5.74) is 1.58. The van der Waals surface area contributed by atoms with Crippen molar-refractivity contribution in [3.8, 4) is 11.5 Å². The van der Waals surface area contributed by atoms with Crippen LogP contribution in [0.3, 0.4) is 0 Å². The fourth-order valence-corrected chi connectivity index (χ4v) is 3.51. The van der Waals surface area contributed by atoms with Crippen molar-refractivity contribution in [3.05, 3.63) is 53.1 Å². The first-order valence-corrected chi connectivity index (χ1v) is 10.0. The normalized spacial score (nSPS) is 13.7. The smallest absolute Gasteiger partial charge is 0.262 e. The molecular formula is C21H23ClN2O3S. The van der Waals surface area contributed by atoms with Crippen molar-refractivity contribution in [2.45, 2.75) is 19.3 Å². The summed E-state index contributed by atoms with van der Waals surface area (Å²) in [4.78, 5) is 15.2. The van der Waals surface area contributed by atoms with Gasteiger partial charge in [-0.05, 0) is 61.7 Å². The fourth-order valence-electron chi connectivity index (χ4n) is 3.07. The molecule has 1 aliphatic rings. The van der Waals surface area contributed by atoms with E-state index in [0.717, 1.165) is 23.6 Å². The zero-order valence-corrected chi connectivity index (χ0v) is 17.3. The summed E-state index contributed by atoms with van der Waals surface area (Å²) in [7, 11) is 1.57. The Morgan fingerprint density at radius 3 is 2.50 bits per heavy atom. The van der Waals surface area contributed by atoms with E-state index in [1.54, 1.807) is 37.4 Å². The minimum absolute atomic E-state index is 0.130. The standard InChI is InChI=1S/C21H23ClN2O3S/c1-26-19-13-15(21(28)24-11-3-2-4-12-24)5-10-18(19)27-14-20(25)23-17-8-6-16(22)7-9-17/h5-10,13H,2-4,11-12,14H2,1H3,(H,23,25). The van der Waals surface area contributed by atoms with Gasteiger partial charge < -0.3 is 19.7 Å². The monoisotopic (exact) mass is 418 g/mol. The molecule has 0 unspecified atom stereocenters. The van der Waals surface area contributed by atoms with E-state index in [9.17, 15) is 4.79 Å². The second kappa shape index (κ2) is 9.75. The number of thiocarbonyl (C=S) groups is 1. The van der Waals surface area contributed by atoms with Crippen LogP contribution in [0, 0.1) is 0 Å². The van der Waals surface area contributed by atoms with Crippen LogP contribution >= 0.6 is 23.8 Å². The van der Waals surface area contributed by atoms with E-state index in [0.29, 0.717) is 22.2 Å². The third-order valence-corrected chi connectivity index (χ3v) is 5.29. The van der Waals surface area contributed by atoms with E-state index in [1.165, 1.54) is 19.3 Å². The highest BCUT2D eigenvalue weighted by atomic mass is 35.5. The highest BCUT2D eigenvalue weighted by Crippen LogP contribution is 2.29. The van der Waals surface area contributed by atoms with Crippen LogP contribution in [-0.2, 0) is 4.79 Å². The predicted octanol–water partition coefficient (Wildman–Crippen LogP) is 4.53. The number of nitrogens with zero attached hydrogens (tertiary/aromatic N) is 1. The molecule has 0 atom stereocenters. The second-order valence-electron chi connectivity index (χ2n) is 6.56. The molecule has 2 aromatic carbocycles. The molecule has 0 bridgehead atoms.